The lowest BCUT2D eigenvalue weighted by Gasteiger charge is -2.37. The summed E-state index contributed by atoms with van der Waals surface area (Å²) in [7, 11) is 0. The first-order valence-electron chi connectivity index (χ1n) is 14.0. The molecule has 0 atom stereocenters. The molecule has 2 aromatic rings. The Hall–Kier alpha value is -2.88. The predicted octanol–water partition coefficient (Wildman–Crippen LogP) is 9.25. The van der Waals surface area contributed by atoms with E-state index in [9.17, 15) is 26.7 Å². The third kappa shape index (κ3) is 8.06. The van der Waals surface area contributed by atoms with E-state index >= 15 is 0 Å². The van der Waals surface area contributed by atoms with Gasteiger partial charge in [-0.3, -0.25) is 4.79 Å². The van der Waals surface area contributed by atoms with Crippen LogP contribution in [0.4, 0.5) is 22.0 Å². The van der Waals surface area contributed by atoms with E-state index in [4.69, 9.17) is 4.74 Å². The van der Waals surface area contributed by atoms with Crippen LogP contribution in [0.3, 0.4) is 0 Å². The fourth-order valence-electron chi connectivity index (χ4n) is 6.17. The van der Waals surface area contributed by atoms with Crippen molar-refractivity contribution in [2.75, 3.05) is 0 Å². The summed E-state index contributed by atoms with van der Waals surface area (Å²) in [6.07, 6.45) is 8.23. The Morgan fingerprint density at radius 1 is 0.872 bits per heavy atom. The first-order valence-corrected chi connectivity index (χ1v) is 14.0. The smallest absolute Gasteiger partial charge is 0.426 e. The Morgan fingerprint density at radius 2 is 1.44 bits per heavy atom. The third-order valence-corrected chi connectivity index (χ3v) is 8.41. The lowest BCUT2D eigenvalue weighted by atomic mass is 9.68. The summed E-state index contributed by atoms with van der Waals surface area (Å²) < 4.78 is 70.9. The van der Waals surface area contributed by atoms with Crippen LogP contribution < -0.4 is 4.74 Å². The van der Waals surface area contributed by atoms with Crippen LogP contribution in [0.25, 0.3) is 11.1 Å². The molecule has 0 heterocycles. The minimum absolute atomic E-state index is 0.129. The second-order valence-corrected chi connectivity index (χ2v) is 11.0. The van der Waals surface area contributed by atoms with E-state index < -0.39 is 23.4 Å². The van der Waals surface area contributed by atoms with Gasteiger partial charge in [0.15, 0.2) is 0 Å². The van der Waals surface area contributed by atoms with Crippen molar-refractivity contribution in [3.63, 3.8) is 0 Å². The van der Waals surface area contributed by atoms with E-state index in [2.05, 4.69) is 6.92 Å². The van der Waals surface area contributed by atoms with E-state index in [1.165, 1.54) is 50.9 Å². The van der Waals surface area contributed by atoms with Gasteiger partial charge in [0, 0.05) is 5.92 Å². The standard InChI is InChI=1S/C32H35F5O2/c1-2-3-4-21-5-7-22(8-6-21)23-9-11-25(12-10-23)31(38)39-27-15-13-24(14-16-27)26-19-29(33)28(30(34)20-26)17-18-32(35,36)37/h13-16,19-23,25H,2-12H2,1H3. The van der Waals surface area contributed by atoms with E-state index in [1.54, 1.807) is 24.3 Å². The van der Waals surface area contributed by atoms with Crippen LogP contribution in [0, 0.1) is 47.1 Å². The molecule has 0 radical (unpaired) electrons. The summed E-state index contributed by atoms with van der Waals surface area (Å²) in [5, 5.41) is 0. The molecule has 0 spiro atoms. The number of halogens is 5. The van der Waals surface area contributed by atoms with Gasteiger partial charge in [-0.2, -0.15) is 13.2 Å². The zero-order valence-corrected chi connectivity index (χ0v) is 22.3. The molecule has 0 bridgehead atoms. The number of carbonyl (C=O) groups excluding carboxylic acids is 1. The minimum Gasteiger partial charge on any atom is -0.426 e. The maximum atomic E-state index is 14.3. The molecule has 0 aromatic heterocycles. The Balaban J connectivity index is 1.28. The molecule has 2 saturated carbocycles. The number of alkyl halides is 3. The topological polar surface area (TPSA) is 26.3 Å². The van der Waals surface area contributed by atoms with Gasteiger partial charge in [0.2, 0.25) is 0 Å². The second kappa shape index (κ2) is 13.0. The molecular weight excluding hydrogens is 511 g/mol. The maximum absolute atomic E-state index is 14.3. The Bertz CT molecular complexity index is 1150. The molecule has 0 N–H and O–H groups in total. The summed E-state index contributed by atoms with van der Waals surface area (Å²) in [5.41, 5.74) is -0.373. The van der Waals surface area contributed by atoms with Crippen LogP contribution in [-0.4, -0.2) is 12.1 Å². The van der Waals surface area contributed by atoms with Crippen LogP contribution in [-0.2, 0) is 4.79 Å². The third-order valence-electron chi connectivity index (χ3n) is 8.41. The highest BCUT2D eigenvalue weighted by Gasteiger charge is 2.33. The van der Waals surface area contributed by atoms with Crippen molar-refractivity contribution < 1.29 is 31.5 Å². The average molecular weight is 547 g/mol. The summed E-state index contributed by atoms with van der Waals surface area (Å²) >= 11 is 0. The van der Waals surface area contributed by atoms with Gasteiger partial charge in [-0.05, 0) is 91.7 Å². The molecule has 0 aliphatic heterocycles. The number of hydrogen-bond acceptors (Lipinski definition) is 2. The number of hydrogen-bond donors (Lipinski definition) is 0. The molecule has 0 unspecified atom stereocenters. The van der Waals surface area contributed by atoms with Gasteiger partial charge >= 0.3 is 12.1 Å². The van der Waals surface area contributed by atoms with Crippen LogP contribution in [0.15, 0.2) is 36.4 Å². The highest BCUT2D eigenvalue weighted by Crippen LogP contribution is 2.42. The van der Waals surface area contributed by atoms with Crippen LogP contribution in [0.1, 0.15) is 83.1 Å². The molecule has 2 aliphatic rings. The summed E-state index contributed by atoms with van der Waals surface area (Å²) in [4.78, 5) is 12.8. The monoisotopic (exact) mass is 546 g/mol. The van der Waals surface area contributed by atoms with Gasteiger partial charge in [-0.25, -0.2) is 8.78 Å². The highest BCUT2D eigenvalue weighted by molar-refractivity contribution is 5.75. The number of ether oxygens (including phenoxy) is 1. The number of unbranched alkanes of at least 4 members (excludes halogenated alkanes) is 1. The van der Waals surface area contributed by atoms with Crippen molar-refractivity contribution >= 4 is 5.97 Å². The zero-order valence-electron chi connectivity index (χ0n) is 22.3. The zero-order chi connectivity index (χ0) is 28.0. The Kier molecular flexibility index (Phi) is 9.69. The normalized spacial score (nSPS) is 23.5. The van der Waals surface area contributed by atoms with Crippen molar-refractivity contribution in [1.29, 1.82) is 0 Å². The first kappa shape index (κ1) is 29.1. The largest absolute Gasteiger partial charge is 0.458 e. The molecule has 39 heavy (non-hydrogen) atoms. The number of benzene rings is 2. The molecule has 2 fully saturated rings. The van der Waals surface area contributed by atoms with Gasteiger partial charge < -0.3 is 4.74 Å². The Labute approximate surface area is 227 Å². The van der Waals surface area contributed by atoms with Crippen molar-refractivity contribution in [3.05, 3.63) is 53.6 Å². The van der Waals surface area contributed by atoms with Crippen LogP contribution in [0.2, 0.25) is 0 Å². The van der Waals surface area contributed by atoms with Gasteiger partial charge in [0.05, 0.1) is 11.5 Å². The predicted molar refractivity (Wildman–Crippen MR) is 141 cm³/mol. The molecule has 2 aromatic carbocycles. The van der Waals surface area contributed by atoms with Gasteiger partial charge in [0.1, 0.15) is 17.4 Å². The van der Waals surface area contributed by atoms with E-state index in [0.717, 1.165) is 55.6 Å². The van der Waals surface area contributed by atoms with Gasteiger partial charge in [0.25, 0.3) is 0 Å². The fraction of sp³-hybridized carbons (Fsp3) is 0.531. The SMILES string of the molecule is CCCCC1CCC(C2CCC(C(=O)Oc3ccc(-c4cc(F)c(C#CC(F)(F)F)c(F)c4)cc3)CC2)CC1. The van der Waals surface area contributed by atoms with Gasteiger partial charge in [-0.15, -0.1) is 0 Å². The van der Waals surface area contributed by atoms with Gasteiger partial charge in [-0.1, -0.05) is 57.1 Å². The second-order valence-electron chi connectivity index (χ2n) is 11.0. The van der Waals surface area contributed by atoms with E-state index in [1.807, 2.05) is 0 Å². The van der Waals surface area contributed by atoms with Crippen LogP contribution >= 0.6 is 0 Å². The summed E-state index contributed by atoms with van der Waals surface area (Å²) in [6.45, 7) is 2.25. The minimum atomic E-state index is -4.85. The first-order chi connectivity index (χ1) is 18.6. The number of rotatable bonds is 7. The molecule has 210 valence electrons. The van der Waals surface area contributed by atoms with Crippen LogP contribution in [0.5, 0.6) is 5.75 Å². The quantitative estimate of drug-likeness (QED) is 0.150. The highest BCUT2D eigenvalue weighted by atomic mass is 19.4. The van der Waals surface area contributed by atoms with Crippen molar-refractivity contribution in [3.8, 4) is 28.7 Å². The van der Waals surface area contributed by atoms with Crippen molar-refractivity contribution in [1.82, 2.24) is 0 Å². The molecule has 4 rings (SSSR count). The molecule has 0 amide bonds. The molecular formula is C32H35F5O2. The maximum Gasteiger partial charge on any atom is 0.458 e. The molecule has 2 nitrogen and oxygen atoms in total. The summed E-state index contributed by atoms with van der Waals surface area (Å²) in [5.74, 6) is 2.36. The summed E-state index contributed by atoms with van der Waals surface area (Å²) in [6, 6.07) is 8.05. The van der Waals surface area contributed by atoms with Crippen molar-refractivity contribution in [2.45, 2.75) is 83.7 Å². The molecule has 2 aliphatic carbocycles. The lowest BCUT2D eigenvalue weighted by molar-refractivity contribution is -0.140. The van der Waals surface area contributed by atoms with E-state index in [0.29, 0.717) is 17.2 Å². The molecule has 7 heteroatoms. The fourth-order valence-corrected chi connectivity index (χ4v) is 6.17. The molecule has 0 saturated heterocycles. The number of esters is 1. The van der Waals surface area contributed by atoms with E-state index in [-0.39, 0.29) is 17.5 Å². The Morgan fingerprint density at radius 3 is 1.97 bits per heavy atom. The average Bonchev–Trinajstić information content (AvgIpc) is 2.91. The lowest BCUT2D eigenvalue weighted by Crippen LogP contribution is -2.30. The number of carbonyl (C=O) groups is 1. The van der Waals surface area contributed by atoms with Crippen molar-refractivity contribution in [2.24, 2.45) is 23.7 Å².